The van der Waals surface area contributed by atoms with E-state index in [1.165, 1.54) is 7.11 Å². The number of amides is 2. The van der Waals surface area contributed by atoms with E-state index in [-0.39, 0.29) is 24.2 Å². The number of hydrogen-bond donors (Lipinski definition) is 3. The van der Waals surface area contributed by atoms with E-state index in [2.05, 4.69) is 43.3 Å². The van der Waals surface area contributed by atoms with E-state index in [4.69, 9.17) is 9.47 Å². The molecular weight excluding hydrogens is 641 g/mol. The average molecular weight is 687 g/mol. The minimum absolute atomic E-state index is 0.00965. The molecule has 1 aromatic heterocycles. The van der Waals surface area contributed by atoms with Crippen LogP contribution < -0.4 is 16.0 Å². The molecule has 1 unspecified atom stereocenters. The molecule has 12 nitrogen and oxygen atoms in total. The third-order valence-electron chi connectivity index (χ3n) is 8.63. The van der Waals surface area contributed by atoms with Gasteiger partial charge >= 0.3 is 6.09 Å². The van der Waals surface area contributed by atoms with Crippen molar-refractivity contribution in [1.29, 1.82) is 0 Å². The van der Waals surface area contributed by atoms with E-state index in [0.717, 1.165) is 53.7 Å². The highest BCUT2D eigenvalue weighted by atomic mass is 32.2. The molecule has 4 atom stereocenters. The minimum Gasteiger partial charge on any atom is -0.453 e. The number of tetrazole rings is 1. The molecule has 3 N–H and O–H groups in total. The zero-order valence-corrected chi connectivity index (χ0v) is 29.3. The normalized spacial score (nSPS) is 18.3. The lowest BCUT2D eigenvalue weighted by atomic mass is 9.84. The van der Waals surface area contributed by atoms with E-state index in [1.54, 1.807) is 11.8 Å². The fraction of sp³-hybridized carbons (Fsp3) is 0.417. The van der Waals surface area contributed by atoms with Gasteiger partial charge in [-0.2, -0.15) is 0 Å². The quantitative estimate of drug-likeness (QED) is 0.156. The van der Waals surface area contributed by atoms with Gasteiger partial charge in [0.1, 0.15) is 6.04 Å². The van der Waals surface area contributed by atoms with Gasteiger partial charge in [-0.15, -0.1) is 5.10 Å². The minimum atomic E-state index is -0.945. The van der Waals surface area contributed by atoms with Crippen molar-refractivity contribution >= 4 is 29.4 Å². The van der Waals surface area contributed by atoms with Gasteiger partial charge in [0.2, 0.25) is 11.1 Å². The molecule has 1 aliphatic rings. The maximum atomic E-state index is 14.1. The zero-order valence-electron chi connectivity index (χ0n) is 28.5. The molecule has 0 aliphatic carbocycles. The molecule has 1 aliphatic heterocycles. The number of carbonyl (C=O) groups is 2. The van der Waals surface area contributed by atoms with Crippen molar-refractivity contribution in [2.24, 2.45) is 0 Å². The lowest BCUT2D eigenvalue weighted by Gasteiger charge is -2.36. The summed E-state index contributed by atoms with van der Waals surface area (Å²) < 4.78 is 13.4. The lowest BCUT2D eigenvalue weighted by Crippen LogP contribution is -2.52. The van der Waals surface area contributed by atoms with Gasteiger partial charge in [-0.3, -0.25) is 4.79 Å². The van der Waals surface area contributed by atoms with Crippen LogP contribution in [0.3, 0.4) is 0 Å². The summed E-state index contributed by atoms with van der Waals surface area (Å²) in [5.41, 5.74) is 3.47. The summed E-state index contributed by atoms with van der Waals surface area (Å²) in [7, 11) is 5.35. The topological polar surface area (TPSA) is 136 Å². The highest BCUT2D eigenvalue weighted by Crippen LogP contribution is 2.30. The first kappa shape index (κ1) is 36.0. The van der Waals surface area contributed by atoms with Crippen molar-refractivity contribution < 1.29 is 19.1 Å². The Bertz CT molecular complexity index is 1580. The van der Waals surface area contributed by atoms with Gasteiger partial charge < -0.3 is 30.3 Å². The fourth-order valence-electron chi connectivity index (χ4n) is 5.88. The molecule has 49 heavy (non-hydrogen) atoms. The summed E-state index contributed by atoms with van der Waals surface area (Å²) in [6.45, 7) is 4.44. The summed E-state index contributed by atoms with van der Waals surface area (Å²) >= 11 is 1.61. The number of thioether (sulfide) groups is 1. The molecular formula is C36H46N8O4S. The van der Waals surface area contributed by atoms with Crippen LogP contribution in [0.4, 0.5) is 10.5 Å². The number of aromatic nitrogens is 4. The Morgan fingerprint density at radius 1 is 1.04 bits per heavy atom. The molecule has 13 heteroatoms. The van der Waals surface area contributed by atoms with Crippen LogP contribution in [0, 0.1) is 0 Å². The van der Waals surface area contributed by atoms with Crippen LogP contribution in [0.5, 0.6) is 0 Å². The number of methoxy groups -OCH3 is 1. The second kappa shape index (κ2) is 17.9. The Balaban J connectivity index is 1.25. The summed E-state index contributed by atoms with van der Waals surface area (Å²) in [5.74, 6) is -0.0761. The van der Waals surface area contributed by atoms with Gasteiger partial charge in [-0.25, -0.2) is 9.48 Å². The van der Waals surface area contributed by atoms with Crippen molar-refractivity contribution in [2.45, 2.75) is 61.7 Å². The molecule has 0 radical (unpaired) electrons. The third-order valence-corrected chi connectivity index (χ3v) is 9.68. The van der Waals surface area contributed by atoms with Crippen LogP contribution in [0.1, 0.15) is 36.0 Å². The SMILES string of the molecule is COC(=O)NC(C(=O)Nc1ccccc1CC[C@@H]1CN[C@H](C)[C@@H](CSc2nnnn2CCN(C)C)O1)C(c1ccccc1)c1ccccc1. The Morgan fingerprint density at radius 2 is 1.71 bits per heavy atom. The first-order valence-corrected chi connectivity index (χ1v) is 17.6. The maximum Gasteiger partial charge on any atom is 0.407 e. The van der Waals surface area contributed by atoms with Crippen molar-refractivity contribution in [3.8, 4) is 0 Å². The number of nitrogens with one attached hydrogen (secondary N) is 3. The number of morpholine rings is 1. The molecule has 0 bridgehead atoms. The number of anilines is 1. The van der Waals surface area contributed by atoms with Crippen molar-refractivity contribution in [3.63, 3.8) is 0 Å². The second-order valence-electron chi connectivity index (χ2n) is 12.4. The van der Waals surface area contributed by atoms with Crippen LogP contribution in [-0.2, 0) is 27.2 Å². The number of ether oxygens (including phenoxy) is 2. The number of aryl methyl sites for hydroxylation is 1. The average Bonchev–Trinajstić information content (AvgIpc) is 3.58. The van der Waals surface area contributed by atoms with Crippen molar-refractivity contribution in [3.05, 3.63) is 102 Å². The van der Waals surface area contributed by atoms with Crippen molar-refractivity contribution in [2.75, 3.05) is 45.4 Å². The number of alkyl carbamates (subject to hydrolysis) is 1. The number of para-hydroxylation sites is 1. The molecule has 4 aromatic rings. The molecule has 0 saturated carbocycles. The molecule has 1 saturated heterocycles. The predicted molar refractivity (Wildman–Crippen MR) is 191 cm³/mol. The number of likely N-dealkylation sites (N-methyl/N-ethyl adjacent to an activating group) is 1. The first-order chi connectivity index (χ1) is 23.8. The number of hydrogen-bond acceptors (Lipinski definition) is 10. The molecule has 2 amide bonds. The summed E-state index contributed by atoms with van der Waals surface area (Å²) in [6, 6.07) is 26.4. The molecule has 5 rings (SSSR count). The van der Waals surface area contributed by atoms with Crippen LogP contribution >= 0.6 is 11.8 Å². The van der Waals surface area contributed by atoms with E-state index < -0.39 is 18.1 Å². The standard InChI is InChI=1S/C36H46N8O4S/c1-25-31(24-49-35-40-41-42-44(35)22-21-43(2)3)48-29(23-37-25)20-19-26-13-11-12-18-30(26)38-34(45)33(39-36(46)47-4)32(27-14-7-5-8-15-27)28-16-9-6-10-17-28/h5-18,25,29,31-33,37H,19-24H2,1-4H3,(H,38,45)(H,39,46)/t25-,29-,31-,33?/m1/s1. The number of benzene rings is 3. The van der Waals surface area contributed by atoms with Gasteiger partial charge in [0.25, 0.3) is 0 Å². The number of nitrogens with zero attached hydrogens (tertiary/aromatic N) is 5. The molecule has 2 heterocycles. The van der Waals surface area contributed by atoms with Gasteiger partial charge in [0, 0.05) is 36.5 Å². The van der Waals surface area contributed by atoms with Crippen LogP contribution in [0.2, 0.25) is 0 Å². The summed E-state index contributed by atoms with van der Waals surface area (Å²) in [4.78, 5) is 28.8. The van der Waals surface area contributed by atoms with E-state index in [1.807, 2.05) is 104 Å². The van der Waals surface area contributed by atoms with Crippen molar-refractivity contribution in [1.82, 2.24) is 35.7 Å². The van der Waals surface area contributed by atoms with E-state index in [0.29, 0.717) is 12.1 Å². The van der Waals surface area contributed by atoms with E-state index in [9.17, 15) is 9.59 Å². The molecule has 260 valence electrons. The van der Waals surface area contributed by atoms with Gasteiger partial charge in [-0.1, -0.05) is 90.6 Å². The van der Waals surface area contributed by atoms with Crippen LogP contribution in [0.25, 0.3) is 0 Å². The van der Waals surface area contributed by atoms with Gasteiger partial charge in [0.05, 0.1) is 25.9 Å². The molecule has 3 aromatic carbocycles. The van der Waals surface area contributed by atoms with Crippen LogP contribution in [0.15, 0.2) is 90.1 Å². The predicted octanol–water partition coefficient (Wildman–Crippen LogP) is 4.20. The molecule has 1 fully saturated rings. The summed E-state index contributed by atoms with van der Waals surface area (Å²) in [5, 5.41) is 22.6. The maximum absolute atomic E-state index is 14.1. The smallest absolute Gasteiger partial charge is 0.407 e. The molecule has 0 spiro atoms. The highest BCUT2D eigenvalue weighted by Gasteiger charge is 2.33. The number of rotatable bonds is 15. The summed E-state index contributed by atoms with van der Waals surface area (Å²) in [6.07, 6.45) is 0.740. The number of carbonyl (C=O) groups excluding carboxylic acids is 2. The van der Waals surface area contributed by atoms with Crippen LogP contribution in [-0.4, -0.2) is 101 Å². The second-order valence-corrected chi connectivity index (χ2v) is 13.4. The Hall–Kier alpha value is -4.30. The Labute approximate surface area is 292 Å². The van der Waals surface area contributed by atoms with Gasteiger partial charge in [0.15, 0.2) is 0 Å². The highest BCUT2D eigenvalue weighted by molar-refractivity contribution is 7.99. The largest absolute Gasteiger partial charge is 0.453 e. The fourth-order valence-corrected chi connectivity index (χ4v) is 6.93. The zero-order chi connectivity index (χ0) is 34.6. The monoisotopic (exact) mass is 686 g/mol. The third kappa shape index (κ3) is 10.1. The van der Waals surface area contributed by atoms with Gasteiger partial charge in [-0.05, 0) is 67.0 Å². The first-order valence-electron chi connectivity index (χ1n) is 16.6. The Kier molecular flexibility index (Phi) is 13.2. The van der Waals surface area contributed by atoms with E-state index >= 15 is 0 Å². The lowest BCUT2D eigenvalue weighted by molar-refractivity contribution is -0.118. The Morgan fingerprint density at radius 3 is 2.39 bits per heavy atom.